The molecular weight excluding hydrogens is 256 g/mol. The summed E-state index contributed by atoms with van der Waals surface area (Å²) in [5.74, 6) is 5.96. The third kappa shape index (κ3) is 5.85. The van der Waals surface area contributed by atoms with Gasteiger partial charge in [-0.2, -0.15) is 0 Å². The summed E-state index contributed by atoms with van der Waals surface area (Å²) < 4.78 is 0. The molecule has 0 atom stereocenters. The number of hydrogen-bond acceptors (Lipinski definition) is 2. The second kappa shape index (κ2) is 5.56. The van der Waals surface area contributed by atoms with Crippen molar-refractivity contribution >= 4 is 16.6 Å². The molecule has 18 heavy (non-hydrogen) atoms. The minimum atomic E-state index is -2.37. The molecule has 0 aliphatic carbocycles. The average Bonchev–Trinajstić information content (AvgIpc) is 2.22. The van der Waals surface area contributed by atoms with Crippen LogP contribution >= 0.6 is 0 Å². The predicted octanol–water partition coefficient (Wildman–Crippen LogP) is 1.86. The fourth-order valence-corrected chi connectivity index (χ4v) is 2.02. The van der Waals surface area contributed by atoms with Crippen LogP contribution in [0.1, 0.15) is 11.1 Å². The molecule has 0 bridgehead atoms. The summed E-state index contributed by atoms with van der Waals surface area (Å²) in [6.45, 7) is 7.10. The highest BCUT2D eigenvalue weighted by molar-refractivity contribution is 6.78. The van der Waals surface area contributed by atoms with Crippen molar-refractivity contribution in [2.45, 2.75) is 26.2 Å². The summed E-state index contributed by atoms with van der Waals surface area (Å²) in [4.78, 5) is 19.5. The van der Waals surface area contributed by atoms with Crippen molar-refractivity contribution in [1.82, 2.24) is 0 Å². The van der Waals surface area contributed by atoms with Gasteiger partial charge in [0.05, 0.1) is 0 Å². The minimum absolute atomic E-state index is 0.804. The van der Waals surface area contributed by atoms with Gasteiger partial charge in [-0.05, 0) is 38.3 Å². The first-order valence-corrected chi connectivity index (χ1v) is 11.7. The maximum Gasteiger partial charge on any atom is 0.263 e. The molecule has 94 valence electrons. The van der Waals surface area contributed by atoms with Gasteiger partial charge in [0.15, 0.2) is 0 Å². The molecule has 0 spiro atoms. The molecule has 0 aliphatic rings. The number of hydrogen-bond donors (Lipinski definition) is 2. The zero-order valence-electron chi connectivity index (χ0n) is 11.2. The van der Waals surface area contributed by atoms with Crippen molar-refractivity contribution in [2.75, 3.05) is 0 Å². The fraction of sp³-hybridized carbons (Fsp3) is 0.286. The standard InChI is InChI=1S/C14H18O2Si2/c1-17(2,15)11-9-13-7-5-6-8-14(13)10-12-18(3,4)16/h5-8,15-16H,1-4H3. The molecule has 2 nitrogen and oxygen atoms in total. The average molecular weight is 274 g/mol. The Morgan fingerprint density at radius 1 is 0.778 bits per heavy atom. The zero-order chi connectivity index (χ0) is 13.8. The van der Waals surface area contributed by atoms with Crippen molar-refractivity contribution in [3.8, 4) is 22.9 Å². The summed E-state index contributed by atoms with van der Waals surface area (Å²) in [6, 6.07) is 7.54. The molecule has 0 saturated heterocycles. The molecular formula is C14H18O2Si2. The van der Waals surface area contributed by atoms with Crippen molar-refractivity contribution in [2.24, 2.45) is 0 Å². The number of rotatable bonds is 0. The van der Waals surface area contributed by atoms with Crippen LogP contribution in [0.5, 0.6) is 0 Å². The monoisotopic (exact) mass is 274 g/mol. The Morgan fingerprint density at radius 3 is 1.39 bits per heavy atom. The lowest BCUT2D eigenvalue weighted by molar-refractivity contribution is 0.569. The molecule has 0 amide bonds. The lowest BCUT2D eigenvalue weighted by Crippen LogP contribution is -2.22. The summed E-state index contributed by atoms with van der Waals surface area (Å²) in [5, 5.41) is 0. The van der Waals surface area contributed by atoms with Crippen LogP contribution in [0.4, 0.5) is 0 Å². The van der Waals surface area contributed by atoms with E-state index in [0.717, 1.165) is 11.1 Å². The molecule has 1 rings (SSSR count). The molecule has 4 heteroatoms. The molecule has 0 fully saturated rings. The van der Waals surface area contributed by atoms with Gasteiger partial charge in [-0.1, -0.05) is 35.1 Å². The van der Waals surface area contributed by atoms with Crippen LogP contribution in [0.2, 0.25) is 26.2 Å². The lowest BCUT2D eigenvalue weighted by atomic mass is 10.1. The molecule has 0 saturated carbocycles. The Morgan fingerprint density at radius 2 is 1.11 bits per heavy atom. The van der Waals surface area contributed by atoms with Crippen molar-refractivity contribution in [1.29, 1.82) is 0 Å². The van der Waals surface area contributed by atoms with Gasteiger partial charge in [0, 0.05) is 11.1 Å². The summed E-state index contributed by atoms with van der Waals surface area (Å²) in [5.41, 5.74) is 7.41. The highest BCUT2D eigenvalue weighted by atomic mass is 28.4. The smallest absolute Gasteiger partial charge is 0.263 e. The molecule has 1 aromatic carbocycles. The maximum absolute atomic E-state index is 9.73. The van der Waals surface area contributed by atoms with E-state index < -0.39 is 16.6 Å². The van der Waals surface area contributed by atoms with Crippen LogP contribution < -0.4 is 0 Å². The van der Waals surface area contributed by atoms with Gasteiger partial charge in [-0.15, -0.1) is 0 Å². The van der Waals surface area contributed by atoms with Crippen LogP contribution in [0.25, 0.3) is 0 Å². The van der Waals surface area contributed by atoms with Crippen molar-refractivity contribution in [3.63, 3.8) is 0 Å². The Hall–Kier alpha value is -1.31. The van der Waals surface area contributed by atoms with Crippen molar-refractivity contribution in [3.05, 3.63) is 35.4 Å². The van der Waals surface area contributed by atoms with Gasteiger partial charge in [0.25, 0.3) is 16.6 Å². The van der Waals surface area contributed by atoms with E-state index in [4.69, 9.17) is 0 Å². The fourth-order valence-electron chi connectivity index (χ4n) is 1.14. The quantitative estimate of drug-likeness (QED) is 0.560. The van der Waals surface area contributed by atoms with E-state index in [0.29, 0.717) is 0 Å². The Balaban J connectivity index is 3.14. The van der Waals surface area contributed by atoms with E-state index in [9.17, 15) is 9.59 Å². The molecule has 0 aromatic heterocycles. The number of benzene rings is 1. The van der Waals surface area contributed by atoms with Gasteiger partial charge in [0.1, 0.15) is 0 Å². The molecule has 0 radical (unpaired) electrons. The second-order valence-electron chi connectivity index (χ2n) is 5.16. The Kier molecular flexibility index (Phi) is 4.55. The Labute approximate surface area is 111 Å². The molecule has 0 aliphatic heterocycles. The first-order chi connectivity index (χ1) is 8.17. The van der Waals surface area contributed by atoms with Crippen LogP contribution in [0, 0.1) is 22.9 Å². The van der Waals surface area contributed by atoms with Gasteiger partial charge in [-0.3, -0.25) is 0 Å². The summed E-state index contributed by atoms with van der Waals surface area (Å²) in [7, 11) is -4.75. The van der Waals surface area contributed by atoms with E-state index in [-0.39, 0.29) is 0 Å². The molecule has 2 N–H and O–H groups in total. The predicted molar refractivity (Wildman–Crippen MR) is 79.6 cm³/mol. The van der Waals surface area contributed by atoms with Crippen LogP contribution in [-0.4, -0.2) is 26.2 Å². The maximum atomic E-state index is 9.73. The van der Waals surface area contributed by atoms with E-state index in [1.807, 2.05) is 24.3 Å². The van der Waals surface area contributed by atoms with Crippen LogP contribution in [-0.2, 0) is 0 Å². The lowest BCUT2D eigenvalue weighted by Gasteiger charge is -2.04. The zero-order valence-corrected chi connectivity index (χ0v) is 13.2. The molecule has 0 unspecified atom stereocenters. The van der Waals surface area contributed by atoms with E-state index in [2.05, 4.69) is 22.9 Å². The highest BCUT2D eigenvalue weighted by Gasteiger charge is 2.13. The largest absolute Gasteiger partial charge is 0.422 e. The highest BCUT2D eigenvalue weighted by Crippen LogP contribution is 2.07. The third-order valence-electron chi connectivity index (χ3n) is 1.93. The summed E-state index contributed by atoms with van der Waals surface area (Å²) in [6.07, 6.45) is 0. The minimum Gasteiger partial charge on any atom is -0.422 e. The Bertz CT molecular complexity index is 492. The SMILES string of the molecule is C[Si](C)(O)C#Cc1ccccc1C#C[Si](C)(C)O. The van der Waals surface area contributed by atoms with Crippen LogP contribution in [0.15, 0.2) is 24.3 Å². The van der Waals surface area contributed by atoms with E-state index in [1.54, 1.807) is 26.2 Å². The van der Waals surface area contributed by atoms with E-state index in [1.165, 1.54) is 0 Å². The van der Waals surface area contributed by atoms with Gasteiger partial charge in [0.2, 0.25) is 0 Å². The topological polar surface area (TPSA) is 40.5 Å². The summed E-state index contributed by atoms with van der Waals surface area (Å²) >= 11 is 0. The second-order valence-corrected chi connectivity index (χ2v) is 11.9. The first kappa shape index (κ1) is 14.8. The van der Waals surface area contributed by atoms with Gasteiger partial charge >= 0.3 is 0 Å². The van der Waals surface area contributed by atoms with Gasteiger partial charge in [-0.25, -0.2) is 0 Å². The van der Waals surface area contributed by atoms with Crippen LogP contribution in [0.3, 0.4) is 0 Å². The first-order valence-electron chi connectivity index (χ1n) is 5.77. The normalized spacial score (nSPS) is 11.0. The molecule has 1 aromatic rings. The molecule has 0 heterocycles. The van der Waals surface area contributed by atoms with E-state index >= 15 is 0 Å². The van der Waals surface area contributed by atoms with Crippen molar-refractivity contribution < 1.29 is 9.59 Å². The third-order valence-corrected chi connectivity index (χ3v) is 3.41. The van der Waals surface area contributed by atoms with Gasteiger partial charge < -0.3 is 9.59 Å².